The van der Waals surface area contributed by atoms with E-state index in [4.69, 9.17) is 0 Å². The van der Waals surface area contributed by atoms with E-state index < -0.39 is 17.9 Å². The SMILES string of the molecule is Cc1ccc(CC(=O)N[C@@H](c2ccccc2)[C@H](C)C(=O)O)s1. The van der Waals surface area contributed by atoms with Crippen LogP contribution in [0.1, 0.15) is 28.3 Å². The summed E-state index contributed by atoms with van der Waals surface area (Å²) in [5.74, 6) is -1.79. The van der Waals surface area contributed by atoms with E-state index in [9.17, 15) is 14.7 Å². The Morgan fingerprint density at radius 3 is 2.41 bits per heavy atom. The third kappa shape index (κ3) is 4.18. The number of rotatable bonds is 6. The zero-order chi connectivity index (χ0) is 16.1. The molecule has 1 aromatic heterocycles. The summed E-state index contributed by atoms with van der Waals surface area (Å²) in [6.45, 7) is 3.60. The van der Waals surface area contributed by atoms with Crippen molar-refractivity contribution < 1.29 is 14.7 Å². The van der Waals surface area contributed by atoms with Gasteiger partial charge in [-0.3, -0.25) is 9.59 Å². The third-order valence-electron chi connectivity index (χ3n) is 3.50. The van der Waals surface area contributed by atoms with Crippen molar-refractivity contribution in [2.45, 2.75) is 26.3 Å². The lowest BCUT2D eigenvalue weighted by molar-refractivity contribution is -0.142. The molecule has 0 aliphatic rings. The number of carbonyl (C=O) groups excluding carboxylic acids is 1. The average molecular weight is 317 g/mol. The van der Waals surface area contributed by atoms with E-state index >= 15 is 0 Å². The Kier molecular flexibility index (Phi) is 5.33. The molecule has 0 radical (unpaired) electrons. The topological polar surface area (TPSA) is 66.4 Å². The third-order valence-corrected chi connectivity index (χ3v) is 4.50. The first-order chi connectivity index (χ1) is 10.5. The Labute approximate surface area is 133 Å². The number of carboxylic acids is 1. The van der Waals surface area contributed by atoms with Crippen molar-refractivity contribution in [1.29, 1.82) is 0 Å². The van der Waals surface area contributed by atoms with E-state index in [-0.39, 0.29) is 12.3 Å². The predicted octanol–water partition coefficient (Wildman–Crippen LogP) is 3.18. The standard InChI is InChI=1S/C17H19NO3S/c1-11-8-9-14(22-11)10-15(19)18-16(12(2)17(20)21)13-6-4-3-5-7-13/h3-9,12,16H,10H2,1-2H3,(H,18,19)(H,20,21)/t12-,16+/m0/s1. The fraction of sp³-hybridized carbons (Fsp3) is 0.294. The van der Waals surface area contributed by atoms with Crippen LogP contribution in [0, 0.1) is 12.8 Å². The molecular weight excluding hydrogens is 298 g/mol. The summed E-state index contributed by atoms with van der Waals surface area (Å²) in [6, 6.07) is 12.6. The van der Waals surface area contributed by atoms with Crippen LogP contribution in [0.4, 0.5) is 0 Å². The van der Waals surface area contributed by atoms with E-state index in [1.54, 1.807) is 18.3 Å². The number of aryl methyl sites for hydroxylation is 1. The van der Waals surface area contributed by atoms with E-state index in [0.717, 1.165) is 15.3 Å². The Bertz CT molecular complexity index is 651. The molecule has 2 atom stereocenters. The zero-order valence-electron chi connectivity index (χ0n) is 12.6. The predicted molar refractivity (Wildman–Crippen MR) is 86.9 cm³/mol. The molecular formula is C17H19NO3S. The molecule has 2 aromatic rings. The van der Waals surface area contributed by atoms with Gasteiger partial charge in [-0.2, -0.15) is 0 Å². The van der Waals surface area contributed by atoms with Gasteiger partial charge in [-0.25, -0.2) is 0 Å². The van der Waals surface area contributed by atoms with Crippen LogP contribution in [-0.2, 0) is 16.0 Å². The maximum absolute atomic E-state index is 12.2. The van der Waals surface area contributed by atoms with Crippen LogP contribution in [0.25, 0.3) is 0 Å². The first kappa shape index (κ1) is 16.2. The van der Waals surface area contributed by atoms with Crippen molar-refractivity contribution in [3.05, 3.63) is 57.8 Å². The smallest absolute Gasteiger partial charge is 0.308 e. The van der Waals surface area contributed by atoms with Gasteiger partial charge in [-0.1, -0.05) is 30.3 Å². The molecule has 116 valence electrons. The van der Waals surface area contributed by atoms with E-state index in [1.807, 2.05) is 49.4 Å². The van der Waals surface area contributed by atoms with Crippen LogP contribution in [0.3, 0.4) is 0 Å². The summed E-state index contributed by atoms with van der Waals surface area (Å²) < 4.78 is 0. The number of benzene rings is 1. The first-order valence-electron chi connectivity index (χ1n) is 7.10. The fourth-order valence-corrected chi connectivity index (χ4v) is 3.15. The van der Waals surface area contributed by atoms with Crippen LogP contribution in [0.2, 0.25) is 0 Å². The lowest BCUT2D eigenvalue weighted by atomic mass is 9.94. The Hall–Kier alpha value is -2.14. The highest BCUT2D eigenvalue weighted by molar-refractivity contribution is 7.12. The number of thiophene rings is 1. The molecule has 2 N–H and O–H groups in total. The fourth-order valence-electron chi connectivity index (χ4n) is 2.26. The normalized spacial score (nSPS) is 13.4. The molecule has 0 bridgehead atoms. The van der Waals surface area contributed by atoms with Gasteiger partial charge in [0, 0.05) is 9.75 Å². The number of carbonyl (C=O) groups is 2. The molecule has 0 spiro atoms. The summed E-state index contributed by atoms with van der Waals surface area (Å²) in [5.41, 5.74) is 0.799. The van der Waals surface area contributed by atoms with Gasteiger partial charge in [-0.05, 0) is 31.5 Å². The van der Waals surface area contributed by atoms with E-state index in [2.05, 4.69) is 5.32 Å². The van der Waals surface area contributed by atoms with Gasteiger partial charge in [0.05, 0.1) is 18.4 Å². The van der Waals surface area contributed by atoms with E-state index in [0.29, 0.717) is 0 Å². The molecule has 2 rings (SSSR count). The number of carboxylic acid groups (broad SMARTS) is 1. The molecule has 1 aromatic carbocycles. The highest BCUT2D eigenvalue weighted by Crippen LogP contribution is 2.23. The highest BCUT2D eigenvalue weighted by atomic mass is 32.1. The van der Waals surface area contributed by atoms with Gasteiger partial charge in [0.15, 0.2) is 0 Å². The van der Waals surface area contributed by atoms with Crippen molar-refractivity contribution in [2.75, 3.05) is 0 Å². The molecule has 0 fully saturated rings. The Morgan fingerprint density at radius 1 is 1.18 bits per heavy atom. The quantitative estimate of drug-likeness (QED) is 0.860. The molecule has 0 saturated heterocycles. The molecule has 1 amide bonds. The van der Waals surface area contributed by atoms with Crippen molar-refractivity contribution in [3.8, 4) is 0 Å². The van der Waals surface area contributed by atoms with Crippen LogP contribution in [-0.4, -0.2) is 17.0 Å². The summed E-state index contributed by atoms with van der Waals surface area (Å²) in [4.78, 5) is 25.7. The van der Waals surface area contributed by atoms with E-state index in [1.165, 1.54) is 0 Å². The maximum Gasteiger partial charge on any atom is 0.308 e. The molecule has 5 heteroatoms. The Morgan fingerprint density at radius 2 is 1.86 bits per heavy atom. The molecule has 0 saturated carbocycles. The van der Waals surface area contributed by atoms with Crippen molar-refractivity contribution in [3.63, 3.8) is 0 Å². The van der Waals surface area contributed by atoms with Crippen molar-refractivity contribution in [2.24, 2.45) is 5.92 Å². The number of amides is 1. The number of nitrogens with one attached hydrogen (secondary N) is 1. The summed E-state index contributed by atoms with van der Waals surface area (Å²) >= 11 is 1.58. The monoisotopic (exact) mass is 317 g/mol. The second-order valence-electron chi connectivity index (χ2n) is 5.27. The maximum atomic E-state index is 12.2. The average Bonchev–Trinajstić information content (AvgIpc) is 2.90. The van der Waals surface area contributed by atoms with Crippen LogP contribution >= 0.6 is 11.3 Å². The molecule has 0 unspecified atom stereocenters. The van der Waals surface area contributed by atoms with Gasteiger partial charge in [-0.15, -0.1) is 11.3 Å². The first-order valence-corrected chi connectivity index (χ1v) is 7.91. The minimum absolute atomic E-state index is 0.163. The highest BCUT2D eigenvalue weighted by Gasteiger charge is 2.26. The molecule has 1 heterocycles. The molecule has 4 nitrogen and oxygen atoms in total. The second kappa shape index (κ2) is 7.22. The van der Waals surface area contributed by atoms with Crippen molar-refractivity contribution >= 4 is 23.2 Å². The minimum atomic E-state index is -0.930. The van der Waals surface area contributed by atoms with Gasteiger partial charge >= 0.3 is 5.97 Å². The lowest BCUT2D eigenvalue weighted by Crippen LogP contribution is -2.36. The zero-order valence-corrected chi connectivity index (χ0v) is 13.4. The van der Waals surface area contributed by atoms with Gasteiger partial charge < -0.3 is 10.4 Å². The van der Waals surface area contributed by atoms with Crippen LogP contribution in [0.5, 0.6) is 0 Å². The largest absolute Gasteiger partial charge is 0.481 e. The van der Waals surface area contributed by atoms with Crippen LogP contribution < -0.4 is 5.32 Å². The lowest BCUT2D eigenvalue weighted by Gasteiger charge is -2.22. The Balaban J connectivity index is 2.12. The number of hydrogen-bond acceptors (Lipinski definition) is 3. The minimum Gasteiger partial charge on any atom is -0.481 e. The summed E-state index contributed by atoms with van der Waals surface area (Å²) in [7, 11) is 0. The van der Waals surface area contributed by atoms with Crippen LogP contribution in [0.15, 0.2) is 42.5 Å². The van der Waals surface area contributed by atoms with Gasteiger partial charge in [0.25, 0.3) is 0 Å². The van der Waals surface area contributed by atoms with Gasteiger partial charge in [0.1, 0.15) is 0 Å². The molecule has 0 aliphatic heterocycles. The summed E-state index contributed by atoms with van der Waals surface area (Å²) in [6.07, 6.45) is 0.272. The van der Waals surface area contributed by atoms with Gasteiger partial charge in [0.2, 0.25) is 5.91 Å². The molecule has 22 heavy (non-hydrogen) atoms. The molecule has 0 aliphatic carbocycles. The summed E-state index contributed by atoms with van der Waals surface area (Å²) in [5, 5.41) is 12.1. The number of aliphatic carboxylic acids is 1. The van der Waals surface area contributed by atoms with Crippen molar-refractivity contribution in [1.82, 2.24) is 5.32 Å². The second-order valence-corrected chi connectivity index (χ2v) is 6.64. The number of hydrogen-bond donors (Lipinski definition) is 2.